The number of aromatic nitrogens is 2. The summed E-state index contributed by atoms with van der Waals surface area (Å²) in [6.07, 6.45) is 5.01. The topological polar surface area (TPSA) is 37.8 Å². The molecule has 1 aliphatic rings. The summed E-state index contributed by atoms with van der Waals surface area (Å²) in [4.78, 5) is 10.2. The number of pyridine rings is 1. The SMILES string of the molecule is CC(C)NCC1CCCc2sc(-c3ncccc3F)nc21. The van der Waals surface area contributed by atoms with E-state index in [4.69, 9.17) is 4.98 Å². The second-order valence-corrected chi connectivity index (χ2v) is 6.90. The molecule has 112 valence electrons. The van der Waals surface area contributed by atoms with E-state index in [1.165, 1.54) is 17.4 Å². The first kappa shape index (κ1) is 14.6. The number of aryl methyl sites for hydroxylation is 1. The van der Waals surface area contributed by atoms with Crippen molar-refractivity contribution in [1.82, 2.24) is 15.3 Å². The monoisotopic (exact) mass is 305 g/mol. The highest BCUT2D eigenvalue weighted by molar-refractivity contribution is 7.15. The summed E-state index contributed by atoms with van der Waals surface area (Å²) < 4.78 is 13.9. The van der Waals surface area contributed by atoms with Gasteiger partial charge in [0.15, 0.2) is 5.82 Å². The molecule has 2 heterocycles. The fraction of sp³-hybridized carbons (Fsp3) is 0.500. The van der Waals surface area contributed by atoms with Crippen LogP contribution in [0.5, 0.6) is 0 Å². The third kappa shape index (κ3) is 3.14. The zero-order chi connectivity index (χ0) is 14.8. The number of nitrogens with one attached hydrogen (secondary N) is 1. The Kier molecular flexibility index (Phi) is 4.31. The molecule has 2 aromatic rings. The van der Waals surface area contributed by atoms with E-state index in [1.54, 1.807) is 23.6 Å². The second kappa shape index (κ2) is 6.20. The molecule has 0 amide bonds. The van der Waals surface area contributed by atoms with Crippen molar-refractivity contribution in [3.05, 3.63) is 34.7 Å². The zero-order valence-electron chi connectivity index (χ0n) is 12.4. The van der Waals surface area contributed by atoms with Gasteiger partial charge in [-0.2, -0.15) is 0 Å². The Morgan fingerprint density at radius 3 is 3.10 bits per heavy atom. The number of rotatable bonds is 4. The predicted molar refractivity (Wildman–Crippen MR) is 84.1 cm³/mol. The van der Waals surface area contributed by atoms with Crippen molar-refractivity contribution >= 4 is 11.3 Å². The standard InChI is InChI=1S/C16H20FN3S/c1-10(2)19-9-11-5-3-7-13-14(11)20-16(21-13)15-12(17)6-4-8-18-15/h4,6,8,10-11,19H,3,5,7,9H2,1-2H3. The van der Waals surface area contributed by atoms with Gasteiger partial charge in [-0.1, -0.05) is 13.8 Å². The summed E-state index contributed by atoms with van der Waals surface area (Å²) in [5.41, 5.74) is 1.53. The molecule has 3 nitrogen and oxygen atoms in total. The van der Waals surface area contributed by atoms with Crippen LogP contribution < -0.4 is 5.32 Å². The number of nitrogens with zero attached hydrogens (tertiary/aromatic N) is 2. The molecule has 1 unspecified atom stereocenters. The first-order valence-corrected chi connectivity index (χ1v) is 8.30. The molecule has 0 radical (unpaired) electrons. The van der Waals surface area contributed by atoms with Gasteiger partial charge in [-0.05, 0) is 31.4 Å². The van der Waals surface area contributed by atoms with Crippen LogP contribution in [-0.2, 0) is 6.42 Å². The van der Waals surface area contributed by atoms with Crippen LogP contribution in [0.4, 0.5) is 4.39 Å². The first-order valence-electron chi connectivity index (χ1n) is 7.49. The Morgan fingerprint density at radius 2 is 2.33 bits per heavy atom. The summed E-state index contributed by atoms with van der Waals surface area (Å²) in [5, 5.41) is 4.21. The highest BCUT2D eigenvalue weighted by atomic mass is 32.1. The molecule has 5 heteroatoms. The molecule has 0 spiro atoms. The molecule has 1 aliphatic carbocycles. The Labute approximate surface area is 128 Å². The average Bonchev–Trinajstić information content (AvgIpc) is 2.89. The molecule has 0 fully saturated rings. The quantitative estimate of drug-likeness (QED) is 0.934. The lowest BCUT2D eigenvalue weighted by Gasteiger charge is -2.22. The van der Waals surface area contributed by atoms with Crippen LogP contribution in [0.25, 0.3) is 10.7 Å². The summed E-state index contributed by atoms with van der Waals surface area (Å²) in [5.74, 6) is 0.147. The van der Waals surface area contributed by atoms with Gasteiger partial charge in [0.1, 0.15) is 10.7 Å². The lowest BCUT2D eigenvalue weighted by atomic mass is 9.91. The van der Waals surface area contributed by atoms with E-state index < -0.39 is 0 Å². The predicted octanol–water partition coefficient (Wildman–Crippen LogP) is 3.76. The lowest BCUT2D eigenvalue weighted by Crippen LogP contribution is -2.29. The smallest absolute Gasteiger partial charge is 0.151 e. The van der Waals surface area contributed by atoms with Gasteiger partial charge >= 0.3 is 0 Å². The maximum absolute atomic E-state index is 13.9. The van der Waals surface area contributed by atoms with Crippen molar-refractivity contribution < 1.29 is 4.39 Å². The Bertz CT molecular complexity index is 624. The van der Waals surface area contributed by atoms with Gasteiger partial charge in [0.2, 0.25) is 0 Å². The summed E-state index contributed by atoms with van der Waals surface area (Å²) in [6, 6.07) is 3.53. The van der Waals surface area contributed by atoms with Crippen molar-refractivity contribution in [2.75, 3.05) is 6.54 Å². The highest BCUT2D eigenvalue weighted by Crippen LogP contribution is 2.38. The van der Waals surface area contributed by atoms with Crippen LogP contribution in [0.15, 0.2) is 18.3 Å². The van der Waals surface area contributed by atoms with Crippen molar-refractivity contribution in [2.45, 2.75) is 45.1 Å². The molecular formula is C16H20FN3S. The minimum absolute atomic E-state index is 0.291. The summed E-state index contributed by atoms with van der Waals surface area (Å²) in [6.45, 7) is 5.25. The highest BCUT2D eigenvalue weighted by Gasteiger charge is 2.26. The average molecular weight is 305 g/mol. The Balaban J connectivity index is 1.89. The summed E-state index contributed by atoms with van der Waals surface area (Å²) in [7, 11) is 0. The van der Waals surface area contributed by atoms with E-state index in [9.17, 15) is 4.39 Å². The van der Waals surface area contributed by atoms with Gasteiger partial charge in [0, 0.05) is 29.6 Å². The number of hydrogen-bond acceptors (Lipinski definition) is 4. The number of fused-ring (bicyclic) bond motifs is 1. The van der Waals surface area contributed by atoms with Crippen LogP contribution in [0.1, 0.15) is 43.2 Å². The Hall–Kier alpha value is -1.33. The van der Waals surface area contributed by atoms with Crippen LogP contribution in [0.3, 0.4) is 0 Å². The second-order valence-electron chi connectivity index (χ2n) is 5.81. The van der Waals surface area contributed by atoms with Gasteiger partial charge in [-0.25, -0.2) is 9.37 Å². The first-order chi connectivity index (χ1) is 10.1. The van der Waals surface area contributed by atoms with Gasteiger partial charge in [0.25, 0.3) is 0 Å². The molecule has 0 saturated carbocycles. The van der Waals surface area contributed by atoms with E-state index in [0.717, 1.165) is 30.1 Å². The normalized spacial score (nSPS) is 18.0. The summed E-state index contributed by atoms with van der Waals surface area (Å²) >= 11 is 1.60. The number of hydrogen-bond donors (Lipinski definition) is 1. The number of halogens is 1. The van der Waals surface area contributed by atoms with Crippen LogP contribution in [0.2, 0.25) is 0 Å². The molecule has 21 heavy (non-hydrogen) atoms. The third-order valence-electron chi connectivity index (χ3n) is 3.80. The molecule has 3 rings (SSSR count). The maximum Gasteiger partial charge on any atom is 0.151 e. The van der Waals surface area contributed by atoms with Crippen LogP contribution in [0, 0.1) is 5.82 Å². The molecule has 1 atom stereocenters. The van der Waals surface area contributed by atoms with Crippen molar-refractivity contribution in [3.8, 4) is 10.7 Å². The fourth-order valence-electron chi connectivity index (χ4n) is 2.73. The zero-order valence-corrected chi connectivity index (χ0v) is 13.2. The molecule has 0 aromatic carbocycles. The lowest BCUT2D eigenvalue weighted by molar-refractivity contribution is 0.475. The molecule has 0 bridgehead atoms. The van der Waals surface area contributed by atoms with Crippen molar-refractivity contribution in [2.24, 2.45) is 0 Å². The van der Waals surface area contributed by atoms with Crippen molar-refractivity contribution in [1.29, 1.82) is 0 Å². The van der Waals surface area contributed by atoms with E-state index in [2.05, 4.69) is 24.1 Å². The van der Waals surface area contributed by atoms with Gasteiger partial charge in [-0.15, -0.1) is 11.3 Å². The van der Waals surface area contributed by atoms with Gasteiger partial charge < -0.3 is 5.32 Å². The molecule has 0 aliphatic heterocycles. The molecular weight excluding hydrogens is 285 g/mol. The molecule has 1 N–H and O–H groups in total. The minimum Gasteiger partial charge on any atom is -0.314 e. The Morgan fingerprint density at radius 1 is 1.48 bits per heavy atom. The largest absolute Gasteiger partial charge is 0.314 e. The molecule has 0 saturated heterocycles. The third-order valence-corrected chi connectivity index (χ3v) is 4.94. The van der Waals surface area contributed by atoms with E-state index in [0.29, 0.717) is 17.7 Å². The van der Waals surface area contributed by atoms with E-state index >= 15 is 0 Å². The van der Waals surface area contributed by atoms with E-state index in [-0.39, 0.29) is 5.82 Å². The van der Waals surface area contributed by atoms with E-state index in [1.807, 2.05) is 0 Å². The van der Waals surface area contributed by atoms with Crippen molar-refractivity contribution in [3.63, 3.8) is 0 Å². The van der Waals surface area contributed by atoms with Crippen LogP contribution >= 0.6 is 11.3 Å². The van der Waals surface area contributed by atoms with Crippen LogP contribution in [-0.4, -0.2) is 22.6 Å². The van der Waals surface area contributed by atoms with Gasteiger partial charge in [-0.3, -0.25) is 4.98 Å². The fourth-order valence-corrected chi connectivity index (χ4v) is 3.92. The molecule has 2 aromatic heterocycles. The minimum atomic E-state index is -0.291. The number of thiazole rings is 1. The van der Waals surface area contributed by atoms with Gasteiger partial charge in [0.05, 0.1) is 5.69 Å². The maximum atomic E-state index is 13.9.